The summed E-state index contributed by atoms with van der Waals surface area (Å²) in [5.41, 5.74) is 1.65. The first-order chi connectivity index (χ1) is 6.15. The Balaban J connectivity index is 2.55. The van der Waals surface area contributed by atoms with Gasteiger partial charge in [0.25, 0.3) is 0 Å². The van der Waals surface area contributed by atoms with E-state index in [9.17, 15) is 0 Å². The molecule has 0 amide bonds. The molecule has 0 aromatic carbocycles. The molecule has 0 aromatic heterocycles. The van der Waals surface area contributed by atoms with E-state index in [-0.39, 0.29) is 0 Å². The topological polar surface area (TPSA) is 0 Å². The molecule has 0 radical (unpaired) electrons. The molecule has 0 saturated heterocycles. The van der Waals surface area contributed by atoms with Crippen LogP contribution in [0.15, 0.2) is 11.6 Å². The van der Waals surface area contributed by atoms with Crippen molar-refractivity contribution in [2.75, 3.05) is 0 Å². The standard InChI is InChI=1S/C13H24/c1-5-6-13-9-12(10(2)3)8-7-11(13)4/h7,10,12-13H,5-6,8-9H2,1-4H3. The SMILES string of the molecule is CCCC1CC(C(C)C)CC=C1C. The fourth-order valence-electron chi connectivity index (χ4n) is 2.39. The Labute approximate surface area is 83.4 Å². The van der Waals surface area contributed by atoms with Gasteiger partial charge in [-0.3, -0.25) is 0 Å². The van der Waals surface area contributed by atoms with Gasteiger partial charge in [-0.05, 0) is 43.9 Å². The highest BCUT2D eigenvalue weighted by molar-refractivity contribution is 5.08. The summed E-state index contributed by atoms with van der Waals surface area (Å²) in [4.78, 5) is 0. The Morgan fingerprint density at radius 2 is 2.15 bits per heavy atom. The normalized spacial score (nSPS) is 29.2. The summed E-state index contributed by atoms with van der Waals surface area (Å²) in [6.45, 7) is 9.34. The quantitative estimate of drug-likeness (QED) is 0.564. The van der Waals surface area contributed by atoms with Gasteiger partial charge in [0.15, 0.2) is 0 Å². The van der Waals surface area contributed by atoms with Crippen LogP contribution in [-0.4, -0.2) is 0 Å². The van der Waals surface area contributed by atoms with Gasteiger partial charge in [-0.15, -0.1) is 0 Å². The third-order valence-corrected chi connectivity index (χ3v) is 3.55. The maximum Gasteiger partial charge on any atom is -0.0203 e. The third-order valence-electron chi connectivity index (χ3n) is 3.55. The monoisotopic (exact) mass is 180 g/mol. The lowest BCUT2D eigenvalue weighted by molar-refractivity contribution is 0.291. The Kier molecular flexibility index (Phi) is 4.02. The van der Waals surface area contributed by atoms with Crippen LogP contribution in [0.1, 0.15) is 53.4 Å². The number of allylic oxidation sites excluding steroid dienone is 2. The largest absolute Gasteiger partial charge is 0.0850 e. The first-order valence-electron chi connectivity index (χ1n) is 5.81. The van der Waals surface area contributed by atoms with Gasteiger partial charge in [0.1, 0.15) is 0 Å². The smallest absolute Gasteiger partial charge is 0.0203 e. The number of hydrogen-bond acceptors (Lipinski definition) is 0. The average Bonchev–Trinajstić information content (AvgIpc) is 2.08. The van der Waals surface area contributed by atoms with Crippen molar-refractivity contribution in [1.29, 1.82) is 0 Å². The first-order valence-corrected chi connectivity index (χ1v) is 5.81. The minimum atomic E-state index is 0.865. The van der Waals surface area contributed by atoms with Crippen LogP contribution < -0.4 is 0 Å². The maximum atomic E-state index is 2.48. The molecular formula is C13H24. The summed E-state index contributed by atoms with van der Waals surface area (Å²) in [5, 5.41) is 0. The van der Waals surface area contributed by atoms with E-state index in [2.05, 4.69) is 33.8 Å². The second-order valence-corrected chi connectivity index (χ2v) is 4.91. The molecule has 2 unspecified atom stereocenters. The van der Waals surface area contributed by atoms with Gasteiger partial charge in [-0.25, -0.2) is 0 Å². The molecule has 0 spiro atoms. The summed E-state index contributed by atoms with van der Waals surface area (Å²) >= 11 is 0. The van der Waals surface area contributed by atoms with Crippen molar-refractivity contribution in [3.05, 3.63) is 11.6 Å². The molecule has 0 heteroatoms. The molecule has 0 heterocycles. The lowest BCUT2D eigenvalue weighted by Gasteiger charge is -2.30. The zero-order valence-electron chi connectivity index (χ0n) is 9.64. The van der Waals surface area contributed by atoms with Gasteiger partial charge in [0, 0.05) is 0 Å². The Bertz CT molecular complexity index is 176. The van der Waals surface area contributed by atoms with Crippen molar-refractivity contribution in [1.82, 2.24) is 0 Å². The van der Waals surface area contributed by atoms with Crippen LogP contribution in [0.2, 0.25) is 0 Å². The van der Waals surface area contributed by atoms with Crippen LogP contribution in [0.4, 0.5) is 0 Å². The predicted octanol–water partition coefficient (Wildman–Crippen LogP) is 4.42. The molecule has 0 nitrogen and oxygen atoms in total. The minimum Gasteiger partial charge on any atom is -0.0850 e. The second kappa shape index (κ2) is 4.83. The van der Waals surface area contributed by atoms with Crippen molar-refractivity contribution in [2.24, 2.45) is 17.8 Å². The van der Waals surface area contributed by atoms with E-state index in [1.54, 1.807) is 5.57 Å². The van der Waals surface area contributed by atoms with Crippen molar-refractivity contribution < 1.29 is 0 Å². The number of hydrogen-bond donors (Lipinski definition) is 0. The van der Waals surface area contributed by atoms with E-state index in [4.69, 9.17) is 0 Å². The van der Waals surface area contributed by atoms with Crippen LogP contribution in [0.25, 0.3) is 0 Å². The van der Waals surface area contributed by atoms with Crippen LogP contribution in [0, 0.1) is 17.8 Å². The fourth-order valence-corrected chi connectivity index (χ4v) is 2.39. The highest BCUT2D eigenvalue weighted by Gasteiger charge is 2.22. The summed E-state index contributed by atoms with van der Waals surface area (Å²) < 4.78 is 0. The average molecular weight is 180 g/mol. The Morgan fingerprint density at radius 3 is 2.69 bits per heavy atom. The zero-order valence-corrected chi connectivity index (χ0v) is 9.64. The minimum absolute atomic E-state index is 0.865. The molecule has 13 heavy (non-hydrogen) atoms. The van der Waals surface area contributed by atoms with E-state index in [0.717, 1.165) is 17.8 Å². The highest BCUT2D eigenvalue weighted by atomic mass is 14.3. The molecule has 1 rings (SSSR count). The molecule has 0 saturated carbocycles. The molecule has 0 N–H and O–H groups in total. The second-order valence-electron chi connectivity index (χ2n) is 4.91. The molecule has 1 aliphatic rings. The third kappa shape index (κ3) is 2.86. The van der Waals surface area contributed by atoms with Crippen molar-refractivity contribution in [3.8, 4) is 0 Å². The van der Waals surface area contributed by atoms with Gasteiger partial charge < -0.3 is 0 Å². The molecule has 76 valence electrons. The van der Waals surface area contributed by atoms with Gasteiger partial charge in [-0.2, -0.15) is 0 Å². The van der Waals surface area contributed by atoms with E-state index in [1.807, 2.05) is 0 Å². The van der Waals surface area contributed by atoms with Crippen molar-refractivity contribution >= 4 is 0 Å². The predicted molar refractivity (Wildman–Crippen MR) is 59.7 cm³/mol. The fraction of sp³-hybridized carbons (Fsp3) is 0.846. The van der Waals surface area contributed by atoms with E-state index in [0.29, 0.717) is 0 Å². The Morgan fingerprint density at radius 1 is 1.46 bits per heavy atom. The van der Waals surface area contributed by atoms with E-state index in [1.165, 1.54) is 25.7 Å². The van der Waals surface area contributed by atoms with Crippen LogP contribution in [0.3, 0.4) is 0 Å². The summed E-state index contributed by atoms with van der Waals surface area (Å²) in [6.07, 6.45) is 7.97. The molecule has 1 aliphatic carbocycles. The van der Waals surface area contributed by atoms with Crippen molar-refractivity contribution in [2.45, 2.75) is 53.4 Å². The van der Waals surface area contributed by atoms with Gasteiger partial charge >= 0.3 is 0 Å². The lowest BCUT2D eigenvalue weighted by atomic mass is 9.75. The first kappa shape index (κ1) is 10.8. The zero-order chi connectivity index (χ0) is 9.84. The summed E-state index contributed by atoms with van der Waals surface area (Å²) in [7, 11) is 0. The molecule has 2 atom stereocenters. The molecule has 0 aromatic rings. The van der Waals surface area contributed by atoms with Gasteiger partial charge in [0.2, 0.25) is 0 Å². The van der Waals surface area contributed by atoms with Crippen LogP contribution in [0.5, 0.6) is 0 Å². The molecule has 0 bridgehead atoms. The summed E-state index contributed by atoms with van der Waals surface area (Å²) in [6, 6.07) is 0. The van der Waals surface area contributed by atoms with Crippen LogP contribution in [-0.2, 0) is 0 Å². The molecule has 0 aliphatic heterocycles. The van der Waals surface area contributed by atoms with Gasteiger partial charge in [0.05, 0.1) is 0 Å². The molecule has 0 fully saturated rings. The Hall–Kier alpha value is -0.260. The number of rotatable bonds is 3. The maximum absolute atomic E-state index is 2.48. The van der Waals surface area contributed by atoms with E-state index < -0.39 is 0 Å². The summed E-state index contributed by atoms with van der Waals surface area (Å²) in [5.74, 6) is 2.70. The van der Waals surface area contributed by atoms with Gasteiger partial charge in [-0.1, -0.05) is 38.8 Å². The van der Waals surface area contributed by atoms with Crippen LogP contribution >= 0.6 is 0 Å². The molecular weight excluding hydrogens is 156 g/mol. The van der Waals surface area contributed by atoms with Crippen molar-refractivity contribution in [3.63, 3.8) is 0 Å². The highest BCUT2D eigenvalue weighted by Crippen LogP contribution is 2.35. The lowest BCUT2D eigenvalue weighted by Crippen LogP contribution is -2.18. The van der Waals surface area contributed by atoms with E-state index >= 15 is 0 Å².